The molecule has 0 aromatic rings. The van der Waals surface area contributed by atoms with Gasteiger partial charge in [0.1, 0.15) is 0 Å². The molecule has 2 heterocycles. The van der Waals surface area contributed by atoms with E-state index in [-0.39, 0.29) is 6.03 Å². The van der Waals surface area contributed by atoms with Gasteiger partial charge in [0.25, 0.3) is 0 Å². The van der Waals surface area contributed by atoms with Crippen molar-refractivity contribution in [3.05, 3.63) is 0 Å². The lowest BCUT2D eigenvalue weighted by atomic mass is 9.78. The largest absolute Gasteiger partial charge is 0.328 e. The van der Waals surface area contributed by atoms with Crippen molar-refractivity contribution in [2.24, 2.45) is 5.41 Å². The van der Waals surface area contributed by atoms with Crippen LogP contribution in [0.2, 0.25) is 0 Å². The summed E-state index contributed by atoms with van der Waals surface area (Å²) in [5, 5.41) is 3.40. The van der Waals surface area contributed by atoms with E-state index in [0.717, 1.165) is 32.7 Å². The maximum atomic E-state index is 12.0. The summed E-state index contributed by atoms with van der Waals surface area (Å²) in [6, 6.07) is 0.206. The second kappa shape index (κ2) is 4.62. The van der Waals surface area contributed by atoms with E-state index in [1.807, 2.05) is 18.9 Å². The molecule has 0 atom stereocenters. The Labute approximate surface area is 98.0 Å². The highest BCUT2D eigenvalue weighted by atomic mass is 16.2. The predicted octanol–water partition coefficient (Wildman–Crippen LogP) is 1.13. The van der Waals surface area contributed by atoms with Gasteiger partial charge in [-0.1, -0.05) is 0 Å². The molecular formula is C12H23N3O. The van der Waals surface area contributed by atoms with Crippen molar-refractivity contribution in [3.63, 3.8) is 0 Å². The second-order valence-corrected chi connectivity index (χ2v) is 5.22. The standard InChI is InChI=1S/C12H23N3O/c1-3-14(2)11(16)15-9-6-12(10-15)4-7-13-8-5-12/h13H,3-10H2,1-2H3. The summed E-state index contributed by atoms with van der Waals surface area (Å²) < 4.78 is 0. The van der Waals surface area contributed by atoms with Gasteiger partial charge in [-0.15, -0.1) is 0 Å². The SMILES string of the molecule is CCN(C)C(=O)N1CCC2(CCNCC2)C1. The number of carbonyl (C=O) groups is 1. The molecule has 0 aliphatic carbocycles. The first kappa shape index (κ1) is 11.7. The van der Waals surface area contributed by atoms with Crippen molar-refractivity contribution in [3.8, 4) is 0 Å². The number of likely N-dealkylation sites (tertiary alicyclic amines) is 1. The van der Waals surface area contributed by atoms with Crippen molar-refractivity contribution in [1.82, 2.24) is 15.1 Å². The third kappa shape index (κ3) is 2.17. The molecule has 2 rings (SSSR count). The quantitative estimate of drug-likeness (QED) is 0.726. The number of amides is 2. The van der Waals surface area contributed by atoms with Crippen LogP contribution in [-0.2, 0) is 0 Å². The molecular weight excluding hydrogens is 202 g/mol. The lowest BCUT2D eigenvalue weighted by molar-refractivity contribution is 0.158. The van der Waals surface area contributed by atoms with Gasteiger partial charge < -0.3 is 15.1 Å². The number of nitrogens with one attached hydrogen (secondary N) is 1. The molecule has 4 nitrogen and oxygen atoms in total. The Kier molecular flexibility index (Phi) is 3.38. The molecule has 2 aliphatic heterocycles. The Morgan fingerprint density at radius 1 is 1.38 bits per heavy atom. The maximum Gasteiger partial charge on any atom is 0.319 e. The minimum atomic E-state index is 0.206. The molecule has 2 aliphatic rings. The average Bonchev–Trinajstić information content (AvgIpc) is 2.72. The van der Waals surface area contributed by atoms with E-state index in [2.05, 4.69) is 5.32 Å². The van der Waals surface area contributed by atoms with Gasteiger partial charge in [-0.05, 0) is 44.7 Å². The van der Waals surface area contributed by atoms with Gasteiger partial charge in [0, 0.05) is 26.7 Å². The molecule has 0 radical (unpaired) electrons. The normalized spacial score (nSPS) is 23.8. The van der Waals surface area contributed by atoms with E-state index in [9.17, 15) is 4.79 Å². The Bertz CT molecular complexity index is 261. The van der Waals surface area contributed by atoms with Gasteiger partial charge in [-0.25, -0.2) is 4.79 Å². The zero-order chi connectivity index (χ0) is 11.6. The Morgan fingerprint density at radius 2 is 2.06 bits per heavy atom. The van der Waals surface area contributed by atoms with Crippen LogP contribution in [0.25, 0.3) is 0 Å². The molecule has 2 fully saturated rings. The molecule has 1 spiro atoms. The minimum Gasteiger partial charge on any atom is -0.328 e. The zero-order valence-corrected chi connectivity index (χ0v) is 10.5. The number of hydrogen-bond donors (Lipinski definition) is 1. The molecule has 4 heteroatoms. The van der Waals surface area contributed by atoms with Crippen LogP contribution in [0.5, 0.6) is 0 Å². The van der Waals surface area contributed by atoms with Gasteiger partial charge >= 0.3 is 6.03 Å². The molecule has 1 N–H and O–H groups in total. The van der Waals surface area contributed by atoms with E-state index in [1.165, 1.54) is 19.3 Å². The highest BCUT2D eigenvalue weighted by Crippen LogP contribution is 2.38. The first-order valence-electron chi connectivity index (χ1n) is 6.38. The highest BCUT2D eigenvalue weighted by molar-refractivity contribution is 5.74. The third-order valence-electron chi connectivity index (χ3n) is 4.17. The van der Waals surface area contributed by atoms with Gasteiger partial charge in [0.2, 0.25) is 0 Å². The van der Waals surface area contributed by atoms with Gasteiger partial charge in [-0.3, -0.25) is 0 Å². The highest BCUT2D eigenvalue weighted by Gasteiger charge is 2.40. The maximum absolute atomic E-state index is 12.0. The number of hydrogen-bond acceptors (Lipinski definition) is 2. The first-order valence-corrected chi connectivity index (χ1v) is 6.38. The smallest absolute Gasteiger partial charge is 0.319 e. The van der Waals surface area contributed by atoms with Crippen LogP contribution >= 0.6 is 0 Å². The molecule has 0 bridgehead atoms. The van der Waals surface area contributed by atoms with Crippen LogP contribution in [-0.4, -0.2) is 55.6 Å². The van der Waals surface area contributed by atoms with Gasteiger partial charge in [0.05, 0.1) is 0 Å². The number of piperidine rings is 1. The van der Waals surface area contributed by atoms with Crippen LogP contribution in [0.3, 0.4) is 0 Å². The molecule has 2 saturated heterocycles. The fourth-order valence-electron chi connectivity index (χ4n) is 2.84. The molecule has 0 aromatic carbocycles. The molecule has 0 aromatic heterocycles. The van der Waals surface area contributed by atoms with E-state index in [0.29, 0.717) is 5.41 Å². The topological polar surface area (TPSA) is 35.6 Å². The van der Waals surface area contributed by atoms with Crippen molar-refractivity contribution in [2.45, 2.75) is 26.2 Å². The fourth-order valence-corrected chi connectivity index (χ4v) is 2.84. The molecule has 16 heavy (non-hydrogen) atoms. The summed E-state index contributed by atoms with van der Waals surface area (Å²) in [6.45, 7) is 6.97. The van der Waals surface area contributed by atoms with Crippen LogP contribution in [0, 0.1) is 5.41 Å². The number of urea groups is 1. The van der Waals surface area contributed by atoms with Crippen molar-refractivity contribution < 1.29 is 4.79 Å². The number of rotatable bonds is 1. The van der Waals surface area contributed by atoms with Gasteiger partial charge in [0.15, 0.2) is 0 Å². The van der Waals surface area contributed by atoms with Crippen molar-refractivity contribution >= 4 is 6.03 Å². The van der Waals surface area contributed by atoms with Gasteiger partial charge in [-0.2, -0.15) is 0 Å². The minimum absolute atomic E-state index is 0.206. The Morgan fingerprint density at radius 3 is 2.69 bits per heavy atom. The summed E-state index contributed by atoms with van der Waals surface area (Å²) in [4.78, 5) is 15.9. The summed E-state index contributed by atoms with van der Waals surface area (Å²) >= 11 is 0. The Balaban J connectivity index is 1.94. The summed E-state index contributed by atoms with van der Waals surface area (Å²) in [7, 11) is 1.88. The molecule has 0 saturated carbocycles. The van der Waals surface area contributed by atoms with Crippen LogP contribution in [0.15, 0.2) is 0 Å². The fraction of sp³-hybridized carbons (Fsp3) is 0.917. The predicted molar refractivity (Wildman–Crippen MR) is 64.4 cm³/mol. The zero-order valence-electron chi connectivity index (χ0n) is 10.5. The van der Waals surface area contributed by atoms with Crippen LogP contribution in [0.4, 0.5) is 4.79 Å². The van der Waals surface area contributed by atoms with E-state index >= 15 is 0 Å². The second-order valence-electron chi connectivity index (χ2n) is 5.22. The summed E-state index contributed by atoms with van der Waals surface area (Å²) in [6.07, 6.45) is 3.65. The first-order chi connectivity index (χ1) is 7.67. The van der Waals surface area contributed by atoms with E-state index in [1.54, 1.807) is 4.90 Å². The number of carbonyl (C=O) groups excluding carboxylic acids is 1. The van der Waals surface area contributed by atoms with Crippen LogP contribution in [0.1, 0.15) is 26.2 Å². The van der Waals surface area contributed by atoms with Crippen LogP contribution < -0.4 is 5.32 Å². The lowest BCUT2D eigenvalue weighted by Crippen LogP contribution is -2.43. The lowest BCUT2D eigenvalue weighted by Gasteiger charge is -2.34. The monoisotopic (exact) mass is 225 g/mol. The van der Waals surface area contributed by atoms with E-state index < -0.39 is 0 Å². The van der Waals surface area contributed by atoms with E-state index in [4.69, 9.17) is 0 Å². The summed E-state index contributed by atoms with van der Waals surface area (Å²) in [5.74, 6) is 0. The Hall–Kier alpha value is -0.770. The van der Waals surface area contributed by atoms with Crippen molar-refractivity contribution in [2.75, 3.05) is 39.8 Å². The number of nitrogens with zero attached hydrogens (tertiary/aromatic N) is 2. The third-order valence-corrected chi connectivity index (χ3v) is 4.17. The molecule has 0 unspecified atom stereocenters. The molecule has 92 valence electrons. The summed E-state index contributed by atoms with van der Waals surface area (Å²) in [5.41, 5.74) is 0.426. The van der Waals surface area contributed by atoms with Crippen molar-refractivity contribution in [1.29, 1.82) is 0 Å². The average molecular weight is 225 g/mol. The molecule has 2 amide bonds.